The SMILES string of the molecule is CCC(CC)(C(=O)NC(C)c1cccs1)C(N)=S. The summed E-state index contributed by atoms with van der Waals surface area (Å²) < 4.78 is 0. The van der Waals surface area contributed by atoms with E-state index in [1.807, 2.05) is 38.3 Å². The van der Waals surface area contributed by atoms with E-state index in [2.05, 4.69) is 5.32 Å². The molecule has 0 aliphatic rings. The van der Waals surface area contributed by atoms with Crippen LogP contribution in [-0.2, 0) is 4.79 Å². The second-order valence-electron chi connectivity index (χ2n) is 4.36. The molecule has 0 radical (unpaired) electrons. The monoisotopic (exact) mass is 284 g/mol. The molecule has 100 valence electrons. The number of thiophene rings is 1. The van der Waals surface area contributed by atoms with Crippen molar-refractivity contribution in [3.63, 3.8) is 0 Å². The predicted octanol–water partition coefficient (Wildman–Crippen LogP) is 3.02. The number of carbonyl (C=O) groups excluding carboxylic acids is 1. The zero-order chi connectivity index (χ0) is 13.8. The average Bonchev–Trinajstić information content (AvgIpc) is 2.84. The van der Waals surface area contributed by atoms with Crippen LogP contribution in [-0.4, -0.2) is 10.9 Å². The molecule has 1 atom stereocenters. The topological polar surface area (TPSA) is 55.1 Å². The van der Waals surface area contributed by atoms with Gasteiger partial charge in [-0.3, -0.25) is 4.79 Å². The normalized spacial score (nSPS) is 13.1. The molecule has 5 heteroatoms. The molecular weight excluding hydrogens is 264 g/mol. The number of thiocarbonyl (C=S) groups is 1. The van der Waals surface area contributed by atoms with Crippen LogP contribution in [0.3, 0.4) is 0 Å². The van der Waals surface area contributed by atoms with Crippen molar-refractivity contribution in [2.45, 2.75) is 39.7 Å². The summed E-state index contributed by atoms with van der Waals surface area (Å²) >= 11 is 6.70. The van der Waals surface area contributed by atoms with Crippen LogP contribution in [0.25, 0.3) is 0 Å². The molecule has 0 aliphatic heterocycles. The van der Waals surface area contributed by atoms with Gasteiger partial charge in [0.25, 0.3) is 0 Å². The minimum Gasteiger partial charge on any atom is -0.392 e. The lowest BCUT2D eigenvalue weighted by atomic mass is 9.81. The third kappa shape index (κ3) is 2.90. The molecule has 0 bridgehead atoms. The summed E-state index contributed by atoms with van der Waals surface area (Å²) in [6.07, 6.45) is 1.25. The highest BCUT2D eigenvalue weighted by Gasteiger charge is 2.38. The van der Waals surface area contributed by atoms with Gasteiger partial charge in [0, 0.05) is 4.88 Å². The molecule has 1 amide bonds. The van der Waals surface area contributed by atoms with Crippen LogP contribution < -0.4 is 11.1 Å². The third-order valence-electron chi connectivity index (χ3n) is 3.43. The first-order valence-corrected chi connectivity index (χ1v) is 7.41. The summed E-state index contributed by atoms with van der Waals surface area (Å²) in [5, 5.41) is 5.01. The largest absolute Gasteiger partial charge is 0.392 e. The van der Waals surface area contributed by atoms with E-state index in [-0.39, 0.29) is 16.9 Å². The maximum Gasteiger partial charge on any atom is 0.233 e. The van der Waals surface area contributed by atoms with Gasteiger partial charge in [-0.15, -0.1) is 11.3 Å². The summed E-state index contributed by atoms with van der Waals surface area (Å²) in [6, 6.07) is 3.98. The van der Waals surface area contributed by atoms with Gasteiger partial charge in [-0.2, -0.15) is 0 Å². The molecule has 0 fully saturated rings. The van der Waals surface area contributed by atoms with Crippen molar-refractivity contribution in [1.29, 1.82) is 0 Å². The smallest absolute Gasteiger partial charge is 0.233 e. The lowest BCUT2D eigenvalue weighted by Crippen LogP contribution is -2.48. The number of nitrogens with two attached hydrogens (primary N) is 1. The Kier molecular flexibility index (Phi) is 5.28. The van der Waals surface area contributed by atoms with Crippen molar-refractivity contribution < 1.29 is 4.79 Å². The second kappa shape index (κ2) is 6.29. The van der Waals surface area contributed by atoms with Gasteiger partial charge in [0.05, 0.1) is 16.4 Å². The van der Waals surface area contributed by atoms with Crippen LogP contribution in [0.15, 0.2) is 17.5 Å². The van der Waals surface area contributed by atoms with Crippen LogP contribution in [0, 0.1) is 5.41 Å². The Hall–Kier alpha value is -0.940. The van der Waals surface area contributed by atoms with Crippen molar-refractivity contribution in [3.05, 3.63) is 22.4 Å². The molecule has 1 aromatic rings. The number of hydrogen-bond donors (Lipinski definition) is 2. The molecule has 18 heavy (non-hydrogen) atoms. The zero-order valence-corrected chi connectivity index (χ0v) is 12.7. The van der Waals surface area contributed by atoms with Gasteiger partial charge in [-0.25, -0.2) is 0 Å². The van der Waals surface area contributed by atoms with Gasteiger partial charge in [0.15, 0.2) is 0 Å². The van der Waals surface area contributed by atoms with E-state index in [4.69, 9.17) is 18.0 Å². The quantitative estimate of drug-likeness (QED) is 0.790. The molecule has 0 aromatic carbocycles. The number of nitrogens with one attached hydrogen (secondary N) is 1. The van der Waals surface area contributed by atoms with Gasteiger partial charge < -0.3 is 11.1 Å². The van der Waals surface area contributed by atoms with Crippen LogP contribution in [0.1, 0.15) is 44.5 Å². The van der Waals surface area contributed by atoms with Gasteiger partial charge >= 0.3 is 0 Å². The van der Waals surface area contributed by atoms with Crippen molar-refractivity contribution in [1.82, 2.24) is 5.32 Å². The van der Waals surface area contributed by atoms with Crippen molar-refractivity contribution in [2.75, 3.05) is 0 Å². The second-order valence-corrected chi connectivity index (χ2v) is 5.78. The minimum absolute atomic E-state index is 0.00988. The summed E-state index contributed by atoms with van der Waals surface area (Å²) in [7, 11) is 0. The van der Waals surface area contributed by atoms with Gasteiger partial charge in [0.1, 0.15) is 0 Å². The van der Waals surface area contributed by atoms with Crippen LogP contribution >= 0.6 is 23.6 Å². The molecule has 0 saturated carbocycles. The van der Waals surface area contributed by atoms with Crippen molar-refractivity contribution in [2.24, 2.45) is 11.1 Å². The number of rotatable bonds is 6. The molecule has 3 nitrogen and oxygen atoms in total. The van der Waals surface area contributed by atoms with E-state index in [1.165, 1.54) is 0 Å². The highest BCUT2D eigenvalue weighted by molar-refractivity contribution is 7.80. The van der Waals surface area contributed by atoms with E-state index in [9.17, 15) is 4.79 Å². The molecule has 0 aliphatic carbocycles. The molecular formula is C13H20N2OS2. The Morgan fingerprint density at radius 3 is 2.56 bits per heavy atom. The molecule has 3 N–H and O–H groups in total. The molecule has 1 aromatic heterocycles. The number of hydrogen-bond acceptors (Lipinski definition) is 3. The molecule has 0 saturated heterocycles. The first-order chi connectivity index (χ1) is 8.47. The fourth-order valence-corrected chi connectivity index (χ4v) is 3.09. The molecule has 1 rings (SSSR count). The highest BCUT2D eigenvalue weighted by atomic mass is 32.1. The summed E-state index contributed by atoms with van der Waals surface area (Å²) in [6.45, 7) is 5.86. The molecule has 1 heterocycles. The van der Waals surface area contributed by atoms with E-state index in [1.54, 1.807) is 11.3 Å². The lowest BCUT2D eigenvalue weighted by molar-refractivity contribution is -0.128. The number of carbonyl (C=O) groups is 1. The van der Waals surface area contributed by atoms with E-state index >= 15 is 0 Å². The maximum atomic E-state index is 12.4. The Morgan fingerprint density at radius 1 is 1.56 bits per heavy atom. The van der Waals surface area contributed by atoms with E-state index < -0.39 is 5.41 Å². The lowest BCUT2D eigenvalue weighted by Gasteiger charge is -2.30. The summed E-state index contributed by atoms with van der Waals surface area (Å²) in [5.74, 6) is -0.0686. The van der Waals surface area contributed by atoms with Crippen LogP contribution in [0.4, 0.5) is 0 Å². The number of amides is 1. The van der Waals surface area contributed by atoms with E-state index in [0.29, 0.717) is 12.8 Å². The Balaban J connectivity index is 2.83. The Bertz CT molecular complexity index is 411. The standard InChI is InChI=1S/C13H20N2OS2/c1-4-13(5-2,11(14)17)12(16)15-9(3)10-7-6-8-18-10/h6-9H,4-5H2,1-3H3,(H2,14,17)(H,15,16). The zero-order valence-electron chi connectivity index (χ0n) is 11.0. The summed E-state index contributed by atoms with van der Waals surface area (Å²) in [4.78, 5) is 13.8. The van der Waals surface area contributed by atoms with Gasteiger partial charge in [-0.05, 0) is 31.2 Å². The van der Waals surface area contributed by atoms with Crippen LogP contribution in [0.5, 0.6) is 0 Å². The Morgan fingerprint density at radius 2 is 2.17 bits per heavy atom. The minimum atomic E-state index is -0.721. The third-order valence-corrected chi connectivity index (χ3v) is 4.88. The first kappa shape index (κ1) is 15.1. The van der Waals surface area contributed by atoms with Crippen molar-refractivity contribution in [3.8, 4) is 0 Å². The van der Waals surface area contributed by atoms with Crippen LogP contribution in [0.2, 0.25) is 0 Å². The molecule has 1 unspecified atom stereocenters. The molecule has 0 spiro atoms. The predicted molar refractivity (Wildman–Crippen MR) is 80.7 cm³/mol. The van der Waals surface area contributed by atoms with Gasteiger partial charge in [0.2, 0.25) is 5.91 Å². The fourth-order valence-electron chi connectivity index (χ4n) is 1.98. The van der Waals surface area contributed by atoms with E-state index in [0.717, 1.165) is 4.88 Å². The summed E-state index contributed by atoms with van der Waals surface area (Å²) in [5.41, 5.74) is 5.04. The fraction of sp³-hybridized carbons (Fsp3) is 0.538. The van der Waals surface area contributed by atoms with Gasteiger partial charge in [-0.1, -0.05) is 32.1 Å². The first-order valence-electron chi connectivity index (χ1n) is 6.12. The van der Waals surface area contributed by atoms with Crippen molar-refractivity contribution >= 4 is 34.5 Å². The average molecular weight is 284 g/mol. The maximum absolute atomic E-state index is 12.4. The highest BCUT2D eigenvalue weighted by Crippen LogP contribution is 2.29. The Labute approximate surface area is 118 Å².